The Kier molecular flexibility index (Phi) is 3.94. The van der Waals surface area contributed by atoms with E-state index in [1.807, 2.05) is 13.0 Å². The molecule has 0 amide bonds. The number of nitrogens with zero attached hydrogens (tertiary/aromatic N) is 2. The van der Waals surface area contributed by atoms with Crippen LogP contribution >= 0.6 is 0 Å². The second-order valence-corrected chi connectivity index (χ2v) is 5.11. The fourth-order valence-electron chi connectivity index (χ4n) is 2.59. The molecule has 1 aliphatic rings. The van der Waals surface area contributed by atoms with E-state index in [0.717, 1.165) is 24.7 Å². The van der Waals surface area contributed by atoms with Crippen LogP contribution in [0.4, 0.5) is 5.82 Å². The minimum Gasteiger partial charge on any atom is -0.369 e. The molecule has 4 nitrogen and oxygen atoms in total. The average Bonchev–Trinajstić information content (AvgIpc) is 2.38. The highest BCUT2D eigenvalue weighted by atomic mass is 15.0. The van der Waals surface area contributed by atoms with Crippen molar-refractivity contribution >= 4 is 5.82 Å². The topological polar surface area (TPSA) is 63.8 Å². The van der Waals surface area contributed by atoms with E-state index in [0.29, 0.717) is 0 Å². The normalized spacial score (nSPS) is 18.9. The molecule has 4 heteroatoms. The van der Waals surface area contributed by atoms with Gasteiger partial charge in [0.15, 0.2) is 0 Å². The minimum atomic E-state index is 0.275. The number of hydrogen-bond acceptors (Lipinski definition) is 4. The lowest BCUT2D eigenvalue weighted by Crippen LogP contribution is -2.39. The van der Waals surface area contributed by atoms with E-state index in [9.17, 15) is 0 Å². The number of hydrogen-bond donors (Lipinski definition) is 2. The summed E-state index contributed by atoms with van der Waals surface area (Å²) in [5.41, 5.74) is 6.23. The Morgan fingerprint density at radius 3 is 2.76 bits per heavy atom. The highest BCUT2D eigenvalue weighted by Crippen LogP contribution is 2.35. The molecule has 0 saturated heterocycles. The van der Waals surface area contributed by atoms with Gasteiger partial charge in [-0.3, -0.25) is 0 Å². The van der Waals surface area contributed by atoms with E-state index in [2.05, 4.69) is 15.3 Å². The molecule has 0 radical (unpaired) electrons. The van der Waals surface area contributed by atoms with Gasteiger partial charge in [0.25, 0.3) is 0 Å². The van der Waals surface area contributed by atoms with E-state index in [1.165, 1.54) is 32.1 Å². The molecule has 0 bridgehead atoms. The smallest absolute Gasteiger partial charge is 0.129 e. The minimum absolute atomic E-state index is 0.275. The molecule has 0 unspecified atom stereocenters. The van der Waals surface area contributed by atoms with Crippen LogP contribution in [-0.2, 0) is 0 Å². The van der Waals surface area contributed by atoms with Crippen LogP contribution in [0.5, 0.6) is 0 Å². The monoisotopic (exact) mass is 234 g/mol. The standard InChI is InChI=1S/C13H22N4/c1-11-15-8-5-12(17-11)16-10-13(9-14)6-3-2-4-7-13/h5,8H,2-4,6-7,9-10,14H2,1H3,(H,15,16,17). The zero-order valence-electron chi connectivity index (χ0n) is 10.6. The van der Waals surface area contributed by atoms with Crippen LogP contribution in [0.1, 0.15) is 37.9 Å². The van der Waals surface area contributed by atoms with Crippen LogP contribution in [0.3, 0.4) is 0 Å². The summed E-state index contributed by atoms with van der Waals surface area (Å²) >= 11 is 0. The molecule has 0 aliphatic heterocycles. The second-order valence-electron chi connectivity index (χ2n) is 5.11. The van der Waals surface area contributed by atoms with Crippen LogP contribution in [0.15, 0.2) is 12.3 Å². The molecule has 0 atom stereocenters. The zero-order chi connectivity index (χ0) is 12.1. The summed E-state index contributed by atoms with van der Waals surface area (Å²) in [6.45, 7) is 3.61. The lowest BCUT2D eigenvalue weighted by Gasteiger charge is -2.36. The molecule has 3 N–H and O–H groups in total. The van der Waals surface area contributed by atoms with Gasteiger partial charge in [0, 0.05) is 12.7 Å². The van der Waals surface area contributed by atoms with Gasteiger partial charge in [-0.1, -0.05) is 19.3 Å². The van der Waals surface area contributed by atoms with Crippen molar-refractivity contribution in [3.05, 3.63) is 18.1 Å². The van der Waals surface area contributed by atoms with Gasteiger partial charge in [0.2, 0.25) is 0 Å². The maximum Gasteiger partial charge on any atom is 0.129 e. The van der Waals surface area contributed by atoms with E-state index >= 15 is 0 Å². The lowest BCUT2D eigenvalue weighted by atomic mass is 9.74. The molecular formula is C13H22N4. The number of rotatable bonds is 4. The first-order valence-electron chi connectivity index (χ1n) is 6.48. The van der Waals surface area contributed by atoms with E-state index in [4.69, 9.17) is 5.73 Å². The number of aryl methyl sites for hydroxylation is 1. The fraction of sp³-hybridized carbons (Fsp3) is 0.692. The predicted molar refractivity (Wildman–Crippen MR) is 69.8 cm³/mol. The Morgan fingerprint density at radius 2 is 2.12 bits per heavy atom. The van der Waals surface area contributed by atoms with E-state index in [-0.39, 0.29) is 5.41 Å². The van der Waals surface area contributed by atoms with Crippen LogP contribution in [-0.4, -0.2) is 23.1 Å². The molecule has 1 aromatic rings. The third kappa shape index (κ3) is 3.16. The highest BCUT2D eigenvalue weighted by molar-refractivity contribution is 5.33. The second kappa shape index (κ2) is 5.45. The summed E-state index contributed by atoms with van der Waals surface area (Å²) in [5, 5.41) is 3.42. The van der Waals surface area contributed by atoms with Crippen molar-refractivity contribution in [3.63, 3.8) is 0 Å². The molecule has 1 heterocycles. The quantitative estimate of drug-likeness (QED) is 0.837. The number of nitrogens with one attached hydrogen (secondary N) is 1. The molecule has 1 saturated carbocycles. The van der Waals surface area contributed by atoms with Gasteiger partial charge in [0.1, 0.15) is 11.6 Å². The van der Waals surface area contributed by atoms with Gasteiger partial charge < -0.3 is 11.1 Å². The maximum absolute atomic E-state index is 5.96. The first-order chi connectivity index (χ1) is 8.24. The first kappa shape index (κ1) is 12.3. The Bertz CT molecular complexity index is 358. The van der Waals surface area contributed by atoms with Gasteiger partial charge in [-0.2, -0.15) is 0 Å². The first-order valence-corrected chi connectivity index (χ1v) is 6.48. The molecule has 1 aromatic heterocycles. The average molecular weight is 234 g/mol. The largest absolute Gasteiger partial charge is 0.369 e. The van der Waals surface area contributed by atoms with Crippen molar-refractivity contribution in [2.45, 2.75) is 39.0 Å². The number of aromatic nitrogens is 2. The summed E-state index contributed by atoms with van der Waals surface area (Å²) < 4.78 is 0. The number of nitrogens with two attached hydrogens (primary N) is 1. The van der Waals surface area contributed by atoms with E-state index in [1.54, 1.807) is 6.20 Å². The van der Waals surface area contributed by atoms with Crippen molar-refractivity contribution in [2.24, 2.45) is 11.1 Å². The lowest BCUT2D eigenvalue weighted by molar-refractivity contribution is 0.215. The van der Waals surface area contributed by atoms with Gasteiger partial charge in [-0.15, -0.1) is 0 Å². The van der Waals surface area contributed by atoms with Crippen molar-refractivity contribution in [2.75, 3.05) is 18.4 Å². The Labute approximate surface area is 103 Å². The van der Waals surface area contributed by atoms with Gasteiger partial charge in [0.05, 0.1) is 0 Å². The molecule has 0 spiro atoms. The van der Waals surface area contributed by atoms with Crippen LogP contribution in [0.2, 0.25) is 0 Å². The van der Waals surface area contributed by atoms with Crippen molar-refractivity contribution in [3.8, 4) is 0 Å². The van der Waals surface area contributed by atoms with Crippen LogP contribution in [0.25, 0.3) is 0 Å². The maximum atomic E-state index is 5.96. The summed E-state index contributed by atoms with van der Waals surface area (Å²) in [6, 6.07) is 1.92. The molecule has 94 valence electrons. The van der Waals surface area contributed by atoms with Crippen molar-refractivity contribution < 1.29 is 0 Å². The molecule has 2 rings (SSSR count). The van der Waals surface area contributed by atoms with Gasteiger partial charge >= 0.3 is 0 Å². The van der Waals surface area contributed by atoms with Crippen molar-refractivity contribution in [1.82, 2.24) is 9.97 Å². The summed E-state index contributed by atoms with van der Waals surface area (Å²) in [4.78, 5) is 8.46. The summed E-state index contributed by atoms with van der Waals surface area (Å²) in [5.74, 6) is 1.72. The highest BCUT2D eigenvalue weighted by Gasteiger charge is 2.30. The Morgan fingerprint density at radius 1 is 1.35 bits per heavy atom. The molecular weight excluding hydrogens is 212 g/mol. The van der Waals surface area contributed by atoms with Crippen LogP contribution < -0.4 is 11.1 Å². The van der Waals surface area contributed by atoms with Crippen molar-refractivity contribution in [1.29, 1.82) is 0 Å². The SMILES string of the molecule is Cc1nccc(NCC2(CN)CCCCC2)n1. The van der Waals surface area contributed by atoms with Crippen LogP contribution in [0, 0.1) is 12.3 Å². The zero-order valence-corrected chi connectivity index (χ0v) is 10.6. The molecule has 0 aromatic carbocycles. The Hall–Kier alpha value is -1.16. The molecule has 1 fully saturated rings. The Balaban J connectivity index is 1.95. The van der Waals surface area contributed by atoms with Gasteiger partial charge in [-0.25, -0.2) is 9.97 Å². The third-order valence-corrected chi connectivity index (χ3v) is 3.77. The molecule has 1 aliphatic carbocycles. The summed E-state index contributed by atoms with van der Waals surface area (Å²) in [6.07, 6.45) is 8.24. The fourth-order valence-corrected chi connectivity index (χ4v) is 2.59. The molecule has 17 heavy (non-hydrogen) atoms. The van der Waals surface area contributed by atoms with Gasteiger partial charge in [-0.05, 0) is 37.8 Å². The van der Waals surface area contributed by atoms with E-state index < -0.39 is 0 Å². The summed E-state index contributed by atoms with van der Waals surface area (Å²) in [7, 11) is 0. The predicted octanol–water partition coefficient (Wildman–Crippen LogP) is 2.11. The third-order valence-electron chi connectivity index (χ3n) is 3.77. The number of anilines is 1.